The number of carbonyl (C=O) groups is 1. The zero-order chi connectivity index (χ0) is 11.0. The molecule has 0 N–H and O–H groups in total. The second-order valence-electron chi connectivity index (χ2n) is 3.14. The van der Waals surface area contributed by atoms with Gasteiger partial charge in [-0.15, -0.1) is 0 Å². The number of aromatic nitrogens is 1. The van der Waals surface area contributed by atoms with Crippen LogP contribution in [0.5, 0.6) is 0 Å². The Morgan fingerprint density at radius 3 is 2.87 bits per heavy atom. The second kappa shape index (κ2) is 3.51. The summed E-state index contributed by atoms with van der Waals surface area (Å²) in [5.41, 5.74) is 1.66. The van der Waals surface area contributed by atoms with Crippen molar-refractivity contribution in [2.24, 2.45) is 0 Å². The van der Waals surface area contributed by atoms with Crippen molar-refractivity contribution < 1.29 is 9.53 Å². The van der Waals surface area contributed by atoms with E-state index in [1.165, 1.54) is 7.11 Å². The molecule has 1 heterocycles. The molecule has 1 aromatic heterocycles. The van der Waals surface area contributed by atoms with Crippen LogP contribution in [-0.4, -0.2) is 17.8 Å². The summed E-state index contributed by atoms with van der Waals surface area (Å²) in [5, 5.41) is 0. The third-order valence-electron chi connectivity index (χ3n) is 2.09. The van der Waals surface area contributed by atoms with Gasteiger partial charge in [0, 0.05) is 0 Å². The number of thiazole rings is 1. The first kappa shape index (κ1) is 9.92. The van der Waals surface area contributed by atoms with Crippen LogP contribution in [0.15, 0.2) is 23.0 Å². The first-order valence-corrected chi connectivity index (χ1v) is 5.15. The number of rotatable bonds is 0. The highest BCUT2D eigenvalue weighted by atomic mass is 32.1. The Bertz CT molecular complexity index is 582. The van der Waals surface area contributed by atoms with Crippen molar-refractivity contribution >= 4 is 27.6 Å². The molecule has 2 aromatic rings. The standard InChI is InChI=1S/C10H9NO3S/c1-6-3-4-7-8(5-6)15-10(13)11(7)9(12)14-2/h3-5H,1-2H3. The van der Waals surface area contributed by atoms with Crippen LogP contribution in [0.1, 0.15) is 5.56 Å². The van der Waals surface area contributed by atoms with Crippen LogP contribution in [0, 0.1) is 6.92 Å². The number of ether oxygens (including phenoxy) is 1. The molecule has 0 aliphatic heterocycles. The fraction of sp³-hybridized carbons (Fsp3) is 0.200. The number of hydrogen-bond acceptors (Lipinski definition) is 4. The van der Waals surface area contributed by atoms with Crippen molar-refractivity contribution in [3.8, 4) is 0 Å². The topological polar surface area (TPSA) is 48.3 Å². The summed E-state index contributed by atoms with van der Waals surface area (Å²) < 4.78 is 6.38. The summed E-state index contributed by atoms with van der Waals surface area (Å²) in [5.74, 6) is 0. The van der Waals surface area contributed by atoms with Crippen molar-refractivity contribution in [3.05, 3.63) is 33.4 Å². The molecule has 0 fully saturated rings. The fourth-order valence-corrected chi connectivity index (χ4v) is 2.35. The van der Waals surface area contributed by atoms with Crippen molar-refractivity contribution in [2.75, 3.05) is 7.11 Å². The van der Waals surface area contributed by atoms with Crippen LogP contribution in [0.25, 0.3) is 10.2 Å². The van der Waals surface area contributed by atoms with E-state index in [2.05, 4.69) is 4.74 Å². The molecule has 0 atom stereocenters. The maximum absolute atomic E-state index is 11.5. The number of benzene rings is 1. The summed E-state index contributed by atoms with van der Waals surface area (Å²) in [6.07, 6.45) is -0.643. The number of fused-ring (bicyclic) bond motifs is 1. The van der Waals surface area contributed by atoms with E-state index < -0.39 is 6.09 Å². The van der Waals surface area contributed by atoms with Crippen molar-refractivity contribution in [3.63, 3.8) is 0 Å². The van der Waals surface area contributed by atoms with E-state index in [4.69, 9.17) is 0 Å². The Balaban J connectivity index is 2.80. The number of methoxy groups -OCH3 is 1. The Labute approximate surface area is 89.7 Å². The maximum Gasteiger partial charge on any atom is 0.421 e. The predicted octanol–water partition coefficient (Wildman–Crippen LogP) is 1.99. The summed E-state index contributed by atoms with van der Waals surface area (Å²) >= 11 is 1.04. The monoisotopic (exact) mass is 223 g/mol. The molecular weight excluding hydrogens is 214 g/mol. The number of nitrogens with zero attached hydrogens (tertiary/aromatic N) is 1. The summed E-state index contributed by atoms with van der Waals surface area (Å²) in [7, 11) is 1.26. The first-order valence-electron chi connectivity index (χ1n) is 4.34. The van der Waals surface area contributed by atoms with E-state index in [1.54, 1.807) is 6.07 Å². The number of carbonyl (C=O) groups excluding carboxylic acids is 1. The highest BCUT2D eigenvalue weighted by Gasteiger charge is 2.13. The zero-order valence-corrected chi connectivity index (χ0v) is 9.13. The highest BCUT2D eigenvalue weighted by molar-refractivity contribution is 7.16. The van der Waals surface area contributed by atoms with Gasteiger partial charge in [0.25, 0.3) is 0 Å². The lowest BCUT2D eigenvalue weighted by molar-refractivity contribution is 0.173. The van der Waals surface area contributed by atoms with Gasteiger partial charge in [-0.05, 0) is 24.6 Å². The van der Waals surface area contributed by atoms with Gasteiger partial charge in [0.1, 0.15) is 0 Å². The van der Waals surface area contributed by atoms with E-state index in [9.17, 15) is 9.59 Å². The minimum atomic E-state index is -0.643. The lowest BCUT2D eigenvalue weighted by Gasteiger charge is -1.99. The van der Waals surface area contributed by atoms with Crippen molar-refractivity contribution in [1.29, 1.82) is 0 Å². The third-order valence-corrected chi connectivity index (χ3v) is 3.00. The van der Waals surface area contributed by atoms with Gasteiger partial charge in [0.05, 0.1) is 17.3 Å². The summed E-state index contributed by atoms with van der Waals surface area (Å²) in [6.45, 7) is 1.94. The lowest BCUT2D eigenvalue weighted by Crippen LogP contribution is -2.21. The summed E-state index contributed by atoms with van der Waals surface area (Å²) in [4.78, 5) is 22.6. The largest absolute Gasteiger partial charge is 0.452 e. The molecule has 0 radical (unpaired) electrons. The van der Waals surface area contributed by atoms with Gasteiger partial charge in [-0.2, -0.15) is 0 Å². The van der Waals surface area contributed by atoms with Crippen LogP contribution >= 0.6 is 11.3 Å². The van der Waals surface area contributed by atoms with Gasteiger partial charge in [-0.25, -0.2) is 9.36 Å². The van der Waals surface area contributed by atoms with Crippen LogP contribution < -0.4 is 4.87 Å². The third kappa shape index (κ3) is 1.55. The van der Waals surface area contributed by atoms with E-state index in [1.807, 2.05) is 19.1 Å². The van der Waals surface area contributed by atoms with E-state index >= 15 is 0 Å². The fourth-order valence-electron chi connectivity index (χ4n) is 1.39. The Kier molecular flexibility index (Phi) is 2.32. The lowest BCUT2D eigenvalue weighted by atomic mass is 10.2. The van der Waals surface area contributed by atoms with Gasteiger partial charge >= 0.3 is 11.0 Å². The molecule has 78 valence electrons. The molecule has 0 unspecified atom stereocenters. The molecule has 1 aromatic carbocycles. The smallest absolute Gasteiger partial charge is 0.421 e. The average molecular weight is 223 g/mol. The molecule has 5 heteroatoms. The molecule has 4 nitrogen and oxygen atoms in total. The SMILES string of the molecule is COC(=O)n1c(=O)sc2cc(C)ccc21. The Hall–Kier alpha value is -1.62. The predicted molar refractivity (Wildman–Crippen MR) is 58.6 cm³/mol. The van der Waals surface area contributed by atoms with Crippen molar-refractivity contribution in [2.45, 2.75) is 6.92 Å². The van der Waals surface area contributed by atoms with Gasteiger partial charge in [0.2, 0.25) is 0 Å². The summed E-state index contributed by atoms with van der Waals surface area (Å²) in [6, 6.07) is 5.48. The van der Waals surface area contributed by atoms with E-state index in [0.717, 1.165) is 26.2 Å². The quantitative estimate of drug-likeness (QED) is 0.686. The normalized spacial score (nSPS) is 10.5. The molecule has 0 saturated heterocycles. The molecule has 0 aliphatic rings. The maximum atomic E-state index is 11.5. The van der Waals surface area contributed by atoms with E-state index in [-0.39, 0.29) is 4.87 Å². The average Bonchev–Trinajstić information content (AvgIpc) is 2.52. The Morgan fingerprint density at radius 2 is 2.20 bits per heavy atom. The second-order valence-corrected chi connectivity index (χ2v) is 4.14. The van der Waals surface area contributed by atoms with Crippen LogP contribution in [0.4, 0.5) is 4.79 Å². The van der Waals surface area contributed by atoms with Crippen LogP contribution in [0.2, 0.25) is 0 Å². The van der Waals surface area contributed by atoms with Crippen LogP contribution in [0.3, 0.4) is 0 Å². The molecule has 2 rings (SSSR count). The van der Waals surface area contributed by atoms with E-state index in [0.29, 0.717) is 5.52 Å². The minimum Gasteiger partial charge on any atom is -0.452 e. The van der Waals surface area contributed by atoms with Crippen molar-refractivity contribution in [1.82, 2.24) is 4.57 Å². The molecule has 0 saturated carbocycles. The minimum absolute atomic E-state index is 0.317. The molecular formula is C10H9NO3S. The molecule has 0 amide bonds. The molecule has 0 aliphatic carbocycles. The first-order chi connectivity index (χ1) is 7.13. The van der Waals surface area contributed by atoms with Gasteiger partial charge in [-0.3, -0.25) is 4.79 Å². The molecule has 0 bridgehead atoms. The van der Waals surface area contributed by atoms with Gasteiger partial charge in [-0.1, -0.05) is 17.4 Å². The van der Waals surface area contributed by atoms with Gasteiger partial charge < -0.3 is 4.74 Å². The zero-order valence-electron chi connectivity index (χ0n) is 8.31. The Morgan fingerprint density at radius 1 is 1.47 bits per heavy atom. The molecule has 0 spiro atoms. The number of hydrogen-bond donors (Lipinski definition) is 0. The highest BCUT2D eigenvalue weighted by Crippen LogP contribution is 2.18. The number of aryl methyl sites for hydroxylation is 1. The van der Waals surface area contributed by atoms with Gasteiger partial charge in [0.15, 0.2) is 0 Å². The molecule has 15 heavy (non-hydrogen) atoms. The van der Waals surface area contributed by atoms with Crippen LogP contribution in [-0.2, 0) is 4.74 Å².